The van der Waals surface area contributed by atoms with E-state index in [2.05, 4.69) is 10.3 Å². The topological polar surface area (TPSA) is 87.0 Å². The third-order valence-electron chi connectivity index (χ3n) is 5.67. The molecule has 1 spiro atoms. The fourth-order valence-electron chi connectivity index (χ4n) is 4.13. The first-order valence-corrected chi connectivity index (χ1v) is 9.30. The Morgan fingerprint density at radius 2 is 2.00 bits per heavy atom. The van der Waals surface area contributed by atoms with E-state index in [-0.39, 0.29) is 30.9 Å². The third-order valence-corrected chi connectivity index (χ3v) is 5.67. The maximum atomic E-state index is 12.9. The molecule has 1 N–H and O–H groups in total. The zero-order valence-electron chi connectivity index (χ0n) is 15.4. The number of carbonyl (C=O) groups excluding carboxylic acids is 3. The molecule has 0 atom stereocenters. The number of aromatic nitrogens is 2. The average Bonchev–Trinajstić information content (AvgIpc) is 3.18. The summed E-state index contributed by atoms with van der Waals surface area (Å²) in [4.78, 5) is 44.8. The van der Waals surface area contributed by atoms with Crippen LogP contribution in [0.25, 0.3) is 5.65 Å². The summed E-state index contributed by atoms with van der Waals surface area (Å²) in [5.41, 5.74) is 0.763. The van der Waals surface area contributed by atoms with Gasteiger partial charge >= 0.3 is 6.03 Å². The number of amides is 4. The minimum atomic E-state index is -0.753. The van der Waals surface area contributed by atoms with Gasteiger partial charge in [-0.3, -0.25) is 14.5 Å². The lowest BCUT2D eigenvalue weighted by Gasteiger charge is -2.35. The van der Waals surface area contributed by atoms with Crippen molar-refractivity contribution < 1.29 is 14.4 Å². The Hall–Kier alpha value is -2.90. The van der Waals surface area contributed by atoms with E-state index >= 15 is 0 Å². The van der Waals surface area contributed by atoms with Crippen LogP contribution in [0.4, 0.5) is 4.79 Å². The van der Waals surface area contributed by atoms with Gasteiger partial charge in [-0.1, -0.05) is 25.3 Å². The van der Waals surface area contributed by atoms with E-state index in [4.69, 9.17) is 0 Å². The van der Waals surface area contributed by atoms with E-state index in [1.54, 1.807) is 7.05 Å². The molecule has 1 saturated carbocycles. The van der Waals surface area contributed by atoms with Gasteiger partial charge in [0.05, 0.1) is 12.2 Å². The molecule has 3 heterocycles. The Kier molecular flexibility index (Phi) is 4.33. The van der Waals surface area contributed by atoms with Gasteiger partial charge < -0.3 is 14.6 Å². The maximum absolute atomic E-state index is 12.9. The van der Waals surface area contributed by atoms with Crippen LogP contribution in [-0.2, 0) is 16.1 Å². The van der Waals surface area contributed by atoms with Crippen molar-refractivity contribution in [2.45, 2.75) is 44.2 Å². The molecular formula is C19H23N5O3. The molecule has 0 aromatic carbocycles. The Morgan fingerprint density at radius 3 is 2.74 bits per heavy atom. The average molecular weight is 369 g/mol. The summed E-state index contributed by atoms with van der Waals surface area (Å²) < 4.78 is 1.87. The second-order valence-electron chi connectivity index (χ2n) is 7.30. The number of rotatable bonds is 4. The van der Waals surface area contributed by atoms with Gasteiger partial charge in [-0.2, -0.15) is 0 Å². The van der Waals surface area contributed by atoms with E-state index < -0.39 is 5.54 Å². The Labute approximate surface area is 157 Å². The van der Waals surface area contributed by atoms with Gasteiger partial charge in [0.15, 0.2) is 0 Å². The summed E-state index contributed by atoms with van der Waals surface area (Å²) in [7, 11) is 1.67. The Morgan fingerprint density at radius 1 is 1.22 bits per heavy atom. The highest BCUT2D eigenvalue weighted by molar-refractivity contribution is 6.08. The Balaban J connectivity index is 1.40. The van der Waals surface area contributed by atoms with Crippen LogP contribution in [0.2, 0.25) is 0 Å². The van der Waals surface area contributed by atoms with Crippen LogP contribution >= 0.6 is 0 Å². The smallest absolute Gasteiger partial charge is 0.327 e. The number of nitrogens with zero attached hydrogens (tertiary/aromatic N) is 4. The number of pyridine rings is 1. The largest absolute Gasteiger partial charge is 0.349 e. The predicted octanol–water partition coefficient (Wildman–Crippen LogP) is 1.55. The van der Waals surface area contributed by atoms with E-state index in [0.717, 1.165) is 35.5 Å². The summed E-state index contributed by atoms with van der Waals surface area (Å²) >= 11 is 0. The van der Waals surface area contributed by atoms with Crippen molar-refractivity contribution in [3.05, 3.63) is 36.3 Å². The second kappa shape index (κ2) is 6.68. The van der Waals surface area contributed by atoms with Crippen molar-refractivity contribution in [1.29, 1.82) is 0 Å². The molecule has 2 aliphatic rings. The van der Waals surface area contributed by atoms with Crippen molar-refractivity contribution in [3.63, 3.8) is 0 Å². The molecule has 2 aromatic rings. The van der Waals surface area contributed by atoms with E-state index in [0.29, 0.717) is 12.8 Å². The molecule has 1 aliphatic heterocycles. The molecule has 142 valence electrons. The molecule has 27 heavy (non-hydrogen) atoms. The van der Waals surface area contributed by atoms with Gasteiger partial charge in [-0.25, -0.2) is 9.78 Å². The van der Waals surface area contributed by atoms with Gasteiger partial charge in [-0.15, -0.1) is 0 Å². The van der Waals surface area contributed by atoms with Crippen LogP contribution in [-0.4, -0.2) is 56.2 Å². The molecule has 8 heteroatoms. The van der Waals surface area contributed by atoms with E-state index in [1.165, 1.54) is 4.90 Å². The number of likely N-dealkylation sites (N-methyl/N-ethyl adjacent to an activating group) is 1. The first kappa shape index (κ1) is 17.5. The van der Waals surface area contributed by atoms with Crippen molar-refractivity contribution in [2.75, 3.05) is 13.6 Å². The molecule has 4 amide bonds. The molecule has 0 radical (unpaired) electrons. The molecule has 1 aliphatic carbocycles. The number of hydrogen-bond donors (Lipinski definition) is 1. The first-order chi connectivity index (χ1) is 13.0. The second-order valence-corrected chi connectivity index (χ2v) is 7.30. The molecule has 4 rings (SSSR count). The number of urea groups is 1. The standard InChI is InChI=1S/C19H23N5O3/c1-22-18(27)24(17(26)19(22)8-4-2-5-9-19)13-16(25)20-11-14-12-23-10-6-3-7-15(23)21-14/h3,6-7,10,12H,2,4-5,8-9,11,13H2,1H3,(H,20,25). The molecule has 0 unspecified atom stereocenters. The number of imide groups is 1. The molecule has 8 nitrogen and oxygen atoms in total. The number of carbonyl (C=O) groups is 3. The van der Waals surface area contributed by atoms with Crippen LogP contribution in [0.15, 0.2) is 30.6 Å². The summed E-state index contributed by atoms with van der Waals surface area (Å²) in [6.45, 7) is -0.00511. The highest BCUT2D eigenvalue weighted by atomic mass is 16.2. The van der Waals surface area contributed by atoms with Gasteiger partial charge in [0.2, 0.25) is 5.91 Å². The normalized spacial score (nSPS) is 19.3. The summed E-state index contributed by atoms with van der Waals surface area (Å²) in [5, 5.41) is 2.75. The first-order valence-electron chi connectivity index (χ1n) is 9.30. The van der Waals surface area contributed by atoms with Crippen LogP contribution in [0, 0.1) is 0 Å². The van der Waals surface area contributed by atoms with Gasteiger partial charge in [0, 0.05) is 19.4 Å². The lowest BCUT2D eigenvalue weighted by molar-refractivity contribution is -0.137. The van der Waals surface area contributed by atoms with Crippen LogP contribution in [0.1, 0.15) is 37.8 Å². The highest BCUT2D eigenvalue weighted by Crippen LogP contribution is 2.39. The van der Waals surface area contributed by atoms with Crippen molar-refractivity contribution >= 4 is 23.5 Å². The van der Waals surface area contributed by atoms with Crippen molar-refractivity contribution in [2.24, 2.45) is 0 Å². The minimum Gasteiger partial charge on any atom is -0.349 e. The fourth-order valence-corrected chi connectivity index (χ4v) is 4.13. The molecule has 1 saturated heterocycles. The highest BCUT2D eigenvalue weighted by Gasteiger charge is 2.55. The van der Waals surface area contributed by atoms with Crippen molar-refractivity contribution in [1.82, 2.24) is 24.5 Å². The fraction of sp³-hybridized carbons (Fsp3) is 0.474. The van der Waals surface area contributed by atoms with E-state index in [9.17, 15) is 14.4 Å². The zero-order chi connectivity index (χ0) is 19.0. The zero-order valence-corrected chi connectivity index (χ0v) is 15.4. The maximum Gasteiger partial charge on any atom is 0.327 e. The third kappa shape index (κ3) is 2.94. The number of fused-ring (bicyclic) bond motifs is 1. The van der Waals surface area contributed by atoms with Gasteiger partial charge in [0.25, 0.3) is 5.91 Å². The molecule has 0 bridgehead atoms. The van der Waals surface area contributed by atoms with Gasteiger partial charge in [0.1, 0.15) is 17.7 Å². The predicted molar refractivity (Wildman–Crippen MR) is 97.7 cm³/mol. The lowest BCUT2D eigenvalue weighted by atomic mass is 9.81. The number of hydrogen-bond acceptors (Lipinski definition) is 4. The SMILES string of the molecule is CN1C(=O)N(CC(=O)NCc2cn3ccccc3n2)C(=O)C12CCCCC2. The quantitative estimate of drug-likeness (QED) is 0.829. The monoisotopic (exact) mass is 369 g/mol. The summed E-state index contributed by atoms with van der Waals surface area (Å²) in [6, 6.07) is 5.29. The number of imidazole rings is 1. The van der Waals surface area contributed by atoms with E-state index in [1.807, 2.05) is 35.0 Å². The molecular weight excluding hydrogens is 346 g/mol. The van der Waals surface area contributed by atoms with Crippen LogP contribution in [0.3, 0.4) is 0 Å². The minimum absolute atomic E-state index is 0.238. The summed E-state index contributed by atoms with van der Waals surface area (Å²) in [6.07, 6.45) is 8.01. The summed E-state index contributed by atoms with van der Waals surface area (Å²) in [5.74, 6) is -0.604. The van der Waals surface area contributed by atoms with Crippen LogP contribution in [0.5, 0.6) is 0 Å². The van der Waals surface area contributed by atoms with Crippen LogP contribution < -0.4 is 5.32 Å². The Bertz CT molecular complexity index is 867. The van der Waals surface area contributed by atoms with Gasteiger partial charge in [-0.05, 0) is 25.0 Å². The molecule has 2 aromatic heterocycles. The molecule has 2 fully saturated rings. The lowest BCUT2D eigenvalue weighted by Crippen LogP contribution is -2.49. The number of nitrogens with one attached hydrogen (secondary N) is 1. The van der Waals surface area contributed by atoms with Crippen molar-refractivity contribution in [3.8, 4) is 0 Å².